The highest BCUT2D eigenvalue weighted by Gasteiger charge is 2.23. The molecule has 4 heterocycles. The van der Waals surface area contributed by atoms with E-state index in [-0.39, 0.29) is 5.91 Å². The van der Waals surface area contributed by atoms with E-state index in [1.54, 1.807) is 6.20 Å². The Morgan fingerprint density at radius 1 is 1.07 bits per heavy atom. The summed E-state index contributed by atoms with van der Waals surface area (Å²) in [6, 6.07) is 14.1. The van der Waals surface area contributed by atoms with E-state index in [2.05, 4.69) is 31.1 Å². The standard InChI is InChI=1S/C22H22N6O/c29-22(12-17-15-24-19-6-2-1-5-18(17)19)28-10-8-27(9-11-28)21-13-20(25-26-21)16-4-3-7-23-14-16/h1-7,13-15,24H,8-12H2,(H,25,26). The summed E-state index contributed by atoms with van der Waals surface area (Å²) >= 11 is 0. The van der Waals surface area contributed by atoms with Crippen molar-refractivity contribution in [2.45, 2.75) is 6.42 Å². The summed E-state index contributed by atoms with van der Waals surface area (Å²) in [5.41, 5.74) is 4.09. The number of carbonyl (C=O) groups is 1. The van der Waals surface area contributed by atoms with Crippen molar-refractivity contribution in [3.63, 3.8) is 0 Å². The Labute approximate surface area is 168 Å². The minimum atomic E-state index is 0.174. The molecule has 0 atom stereocenters. The molecule has 7 heteroatoms. The average Bonchev–Trinajstić information content (AvgIpc) is 3.43. The zero-order valence-electron chi connectivity index (χ0n) is 16.0. The number of hydrogen-bond donors (Lipinski definition) is 2. The smallest absolute Gasteiger partial charge is 0.227 e. The van der Waals surface area contributed by atoms with Crippen molar-refractivity contribution in [3.05, 3.63) is 66.6 Å². The van der Waals surface area contributed by atoms with Gasteiger partial charge >= 0.3 is 0 Å². The van der Waals surface area contributed by atoms with Crippen molar-refractivity contribution in [1.82, 2.24) is 25.1 Å². The van der Waals surface area contributed by atoms with Crippen LogP contribution in [0.1, 0.15) is 5.56 Å². The van der Waals surface area contributed by atoms with Crippen LogP contribution in [0.4, 0.5) is 5.82 Å². The fraction of sp³-hybridized carbons (Fsp3) is 0.227. The number of carbonyl (C=O) groups excluding carboxylic acids is 1. The fourth-order valence-corrected chi connectivity index (χ4v) is 3.88. The maximum Gasteiger partial charge on any atom is 0.227 e. The summed E-state index contributed by atoms with van der Waals surface area (Å²) < 4.78 is 0. The molecule has 0 radical (unpaired) electrons. The van der Waals surface area contributed by atoms with Gasteiger partial charge in [-0.1, -0.05) is 18.2 Å². The predicted molar refractivity (Wildman–Crippen MR) is 113 cm³/mol. The van der Waals surface area contributed by atoms with E-state index in [0.29, 0.717) is 19.5 Å². The second kappa shape index (κ2) is 7.43. The van der Waals surface area contributed by atoms with Crippen molar-refractivity contribution in [2.75, 3.05) is 31.1 Å². The first-order valence-electron chi connectivity index (χ1n) is 9.81. The number of piperazine rings is 1. The summed E-state index contributed by atoms with van der Waals surface area (Å²) in [5.74, 6) is 1.08. The lowest BCUT2D eigenvalue weighted by Crippen LogP contribution is -2.49. The number of para-hydroxylation sites is 1. The number of amides is 1. The van der Waals surface area contributed by atoms with Gasteiger partial charge in [-0.05, 0) is 23.8 Å². The van der Waals surface area contributed by atoms with Gasteiger partial charge in [0.2, 0.25) is 5.91 Å². The number of aromatic nitrogens is 4. The molecule has 1 amide bonds. The largest absolute Gasteiger partial charge is 0.361 e. The van der Waals surface area contributed by atoms with Crippen LogP contribution in [-0.4, -0.2) is 57.2 Å². The SMILES string of the molecule is O=C(Cc1c[nH]c2ccccc12)N1CCN(c2cc(-c3cccnc3)[nH]n2)CC1. The highest BCUT2D eigenvalue weighted by Crippen LogP contribution is 2.23. The number of nitrogens with one attached hydrogen (secondary N) is 2. The molecule has 4 aromatic rings. The molecule has 1 aliphatic rings. The van der Waals surface area contributed by atoms with E-state index in [1.165, 1.54) is 0 Å². The van der Waals surface area contributed by atoms with E-state index in [1.807, 2.05) is 53.7 Å². The number of benzene rings is 1. The molecule has 0 aliphatic carbocycles. The van der Waals surface area contributed by atoms with Crippen LogP contribution in [0.15, 0.2) is 61.1 Å². The van der Waals surface area contributed by atoms with Crippen LogP contribution in [-0.2, 0) is 11.2 Å². The Bertz CT molecular complexity index is 1120. The number of H-pyrrole nitrogens is 2. The van der Waals surface area contributed by atoms with Gasteiger partial charge in [0.25, 0.3) is 0 Å². The molecule has 0 spiro atoms. The highest BCUT2D eigenvalue weighted by molar-refractivity contribution is 5.89. The van der Waals surface area contributed by atoms with Crippen LogP contribution in [0, 0.1) is 0 Å². The maximum absolute atomic E-state index is 12.8. The molecule has 5 rings (SSSR count). The van der Waals surface area contributed by atoms with Crippen LogP contribution in [0.2, 0.25) is 0 Å². The minimum Gasteiger partial charge on any atom is -0.361 e. The minimum absolute atomic E-state index is 0.174. The summed E-state index contributed by atoms with van der Waals surface area (Å²) in [5, 5.41) is 8.66. The lowest BCUT2D eigenvalue weighted by atomic mass is 10.1. The average molecular weight is 386 g/mol. The van der Waals surface area contributed by atoms with E-state index in [9.17, 15) is 4.79 Å². The number of nitrogens with zero attached hydrogens (tertiary/aromatic N) is 4. The number of rotatable bonds is 4. The van der Waals surface area contributed by atoms with Gasteiger partial charge in [0.1, 0.15) is 0 Å². The lowest BCUT2D eigenvalue weighted by molar-refractivity contribution is -0.130. The molecular weight excluding hydrogens is 364 g/mol. The first-order valence-corrected chi connectivity index (χ1v) is 9.81. The second-order valence-electron chi connectivity index (χ2n) is 7.29. The zero-order chi connectivity index (χ0) is 19.6. The summed E-state index contributed by atoms with van der Waals surface area (Å²) in [4.78, 5) is 24.4. The number of aromatic amines is 2. The molecule has 29 heavy (non-hydrogen) atoms. The Kier molecular flexibility index (Phi) is 4.48. The molecule has 3 aromatic heterocycles. The van der Waals surface area contributed by atoms with E-state index in [4.69, 9.17) is 0 Å². The van der Waals surface area contributed by atoms with Gasteiger partial charge < -0.3 is 14.8 Å². The van der Waals surface area contributed by atoms with E-state index in [0.717, 1.165) is 46.6 Å². The third-order valence-electron chi connectivity index (χ3n) is 5.51. The molecule has 0 unspecified atom stereocenters. The van der Waals surface area contributed by atoms with Gasteiger partial charge in [-0.3, -0.25) is 14.9 Å². The molecule has 2 N–H and O–H groups in total. The Balaban J connectivity index is 1.21. The summed E-state index contributed by atoms with van der Waals surface area (Å²) in [6.07, 6.45) is 5.95. The third-order valence-corrected chi connectivity index (χ3v) is 5.51. The second-order valence-corrected chi connectivity index (χ2v) is 7.29. The quantitative estimate of drug-likeness (QED) is 0.565. The monoisotopic (exact) mass is 386 g/mol. The lowest BCUT2D eigenvalue weighted by Gasteiger charge is -2.34. The van der Waals surface area contributed by atoms with E-state index < -0.39 is 0 Å². The van der Waals surface area contributed by atoms with Crippen LogP contribution in [0.3, 0.4) is 0 Å². The van der Waals surface area contributed by atoms with E-state index >= 15 is 0 Å². The Morgan fingerprint density at radius 2 is 1.93 bits per heavy atom. The van der Waals surface area contributed by atoms with Crippen LogP contribution >= 0.6 is 0 Å². The van der Waals surface area contributed by atoms with Crippen LogP contribution in [0.5, 0.6) is 0 Å². The molecule has 146 valence electrons. The molecule has 0 bridgehead atoms. The first-order chi connectivity index (χ1) is 14.3. The maximum atomic E-state index is 12.8. The van der Waals surface area contributed by atoms with Crippen molar-refractivity contribution >= 4 is 22.6 Å². The predicted octanol–water partition coefficient (Wildman–Crippen LogP) is 2.84. The van der Waals surface area contributed by atoms with Gasteiger partial charge in [-0.2, -0.15) is 5.10 Å². The molecule has 1 fully saturated rings. The highest BCUT2D eigenvalue weighted by atomic mass is 16.2. The van der Waals surface area contributed by atoms with Crippen molar-refractivity contribution in [3.8, 4) is 11.3 Å². The van der Waals surface area contributed by atoms with Gasteiger partial charge in [0.05, 0.1) is 12.1 Å². The number of anilines is 1. The number of pyridine rings is 1. The summed E-state index contributed by atoms with van der Waals surface area (Å²) in [6.45, 7) is 2.96. The molecule has 7 nitrogen and oxygen atoms in total. The van der Waals surface area contributed by atoms with Crippen LogP contribution in [0.25, 0.3) is 22.2 Å². The third kappa shape index (κ3) is 3.47. The molecule has 1 aromatic carbocycles. The van der Waals surface area contributed by atoms with Gasteiger partial charge in [-0.15, -0.1) is 0 Å². The van der Waals surface area contributed by atoms with Crippen molar-refractivity contribution in [2.24, 2.45) is 0 Å². The molecule has 1 aliphatic heterocycles. The number of hydrogen-bond acceptors (Lipinski definition) is 4. The first kappa shape index (κ1) is 17.5. The van der Waals surface area contributed by atoms with Crippen molar-refractivity contribution in [1.29, 1.82) is 0 Å². The fourth-order valence-electron chi connectivity index (χ4n) is 3.88. The van der Waals surface area contributed by atoms with Gasteiger partial charge in [0.15, 0.2) is 5.82 Å². The molecule has 1 saturated heterocycles. The topological polar surface area (TPSA) is 80.9 Å². The Morgan fingerprint density at radius 3 is 2.76 bits per heavy atom. The van der Waals surface area contributed by atoms with Gasteiger partial charge in [-0.25, -0.2) is 0 Å². The van der Waals surface area contributed by atoms with Crippen molar-refractivity contribution < 1.29 is 4.79 Å². The number of fused-ring (bicyclic) bond motifs is 1. The Hall–Kier alpha value is -3.61. The molecular formula is C22H22N6O. The molecule has 0 saturated carbocycles. The normalized spacial score (nSPS) is 14.5. The van der Waals surface area contributed by atoms with Gasteiger partial charge in [0, 0.05) is 67.3 Å². The summed E-state index contributed by atoms with van der Waals surface area (Å²) in [7, 11) is 0. The zero-order valence-corrected chi connectivity index (χ0v) is 16.0. The van der Waals surface area contributed by atoms with Crippen LogP contribution < -0.4 is 4.90 Å².